The first-order valence-electron chi connectivity index (χ1n) is 10.4. The van der Waals surface area contributed by atoms with Gasteiger partial charge in [0.05, 0.1) is 25.6 Å². The van der Waals surface area contributed by atoms with Gasteiger partial charge in [0, 0.05) is 28.4 Å². The Morgan fingerprint density at radius 2 is 1.69 bits per heavy atom. The predicted molar refractivity (Wildman–Crippen MR) is 122 cm³/mol. The Morgan fingerprint density at radius 3 is 2.31 bits per heavy atom. The van der Waals surface area contributed by atoms with Crippen LogP contribution in [0.4, 0.5) is 0 Å². The largest absolute Gasteiger partial charge is 0.322 e. The number of nitrogens with one attached hydrogen (secondary N) is 1. The van der Waals surface area contributed by atoms with E-state index in [4.69, 9.17) is 0 Å². The van der Waals surface area contributed by atoms with Crippen molar-refractivity contribution in [3.8, 4) is 0 Å². The third-order valence-corrected chi connectivity index (χ3v) is 7.62. The van der Waals surface area contributed by atoms with Crippen LogP contribution < -0.4 is 5.32 Å². The van der Waals surface area contributed by atoms with E-state index in [1.165, 1.54) is 9.13 Å². The number of likely N-dealkylation sites (tertiary alicyclic amines) is 1. The smallest absolute Gasteiger partial charge is 0.237 e. The van der Waals surface area contributed by atoms with E-state index in [2.05, 4.69) is 71.4 Å². The molecule has 0 saturated carbocycles. The van der Waals surface area contributed by atoms with Crippen LogP contribution in [0.5, 0.6) is 0 Å². The molecule has 4 nitrogen and oxygen atoms in total. The van der Waals surface area contributed by atoms with Crippen LogP contribution in [0.3, 0.4) is 0 Å². The molecule has 4 rings (SSSR count). The minimum absolute atomic E-state index is 0.0984. The molecular weight excluding hydrogens is 475 g/mol. The van der Waals surface area contributed by atoms with Crippen LogP contribution in [0.1, 0.15) is 36.8 Å². The van der Waals surface area contributed by atoms with E-state index in [1.807, 2.05) is 18.2 Å². The van der Waals surface area contributed by atoms with Gasteiger partial charge >= 0.3 is 0 Å². The topological polar surface area (TPSA) is 46.2 Å². The number of benzene rings is 2. The Kier molecular flexibility index (Phi) is 5.80. The summed E-state index contributed by atoms with van der Waals surface area (Å²) in [4.78, 5) is 25.0. The monoisotopic (exact) mass is 503 g/mol. The molecule has 2 saturated heterocycles. The van der Waals surface area contributed by atoms with Crippen LogP contribution in [0.15, 0.2) is 54.6 Å². The standard InChI is InChI=1S/C24H27IN2O2/c1-27(17-18-7-9-21(25)10-8-18)15-12-20(13-16-27)24(19-5-3-2-4-6-19)14-11-22(28)26-23(24)29/h2-10,20H,11-17H2,1H3/p+1/t20?,24-,27?/m1/s1. The van der Waals surface area contributed by atoms with E-state index in [0.29, 0.717) is 12.8 Å². The van der Waals surface area contributed by atoms with Crippen molar-refractivity contribution >= 4 is 34.4 Å². The molecule has 5 heteroatoms. The van der Waals surface area contributed by atoms with Gasteiger partial charge in [-0.3, -0.25) is 14.9 Å². The number of rotatable bonds is 4. The molecule has 2 amide bonds. The average molecular weight is 503 g/mol. The van der Waals surface area contributed by atoms with Crippen molar-refractivity contribution in [1.82, 2.24) is 5.32 Å². The van der Waals surface area contributed by atoms with Gasteiger partial charge in [-0.1, -0.05) is 42.5 Å². The van der Waals surface area contributed by atoms with Gasteiger partial charge < -0.3 is 4.48 Å². The Balaban J connectivity index is 1.55. The Bertz CT molecular complexity index is 889. The highest BCUT2D eigenvalue weighted by Gasteiger charge is 2.51. The maximum atomic E-state index is 13.2. The summed E-state index contributed by atoms with van der Waals surface area (Å²) in [6.45, 7) is 3.12. The fraction of sp³-hybridized carbons (Fsp3) is 0.417. The van der Waals surface area contributed by atoms with Gasteiger partial charge in [-0.05, 0) is 52.6 Å². The van der Waals surface area contributed by atoms with Crippen molar-refractivity contribution < 1.29 is 14.1 Å². The van der Waals surface area contributed by atoms with Gasteiger partial charge in [-0.2, -0.15) is 0 Å². The molecule has 152 valence electrons. The minimum atomic E-state index is -0.580. The molecule has 2 aromatic carbocycles. The lowest BCUT2D eigenvalue weighted by Gasteiger charge is -2.48. The van der Waals surface area contributed by atoms with E-state index in [-0.39, 0.29) is 17.7 Å². The molecule has 2 aromatic rings. The second-order valence-corrected chi connectivity index (χ2v) is 10.1. The summed E-state index contributed by atoms with van der Waals surface area (Å²) in [5.41, 5.74) is 1.84. The number of imide groups is 1. The van der Waals surface area contributed by atoms with Crippen molar-refractivity contribution in [2.24, 2.45) is 5.92 Å². The lowest BCUT2D eigenvalue weighted by molar-refractivity contribution is -0.928. The van der Waals surface area contributed by atoms with Crippen LogP contribution >= 0.6 is 22.6 Å². The lowest BCUT2D eigenvalue weighted by atomic mass is 9.62. The summed E-state index contributed by atoms with van der Waals surface area (Å²) in [7, 11) is 2.33. The van der Waals surface area contributed by atoms with Gasteiger partial charge in [0.15, 0.2) is 0 Å². The molecule has 0 radical (unpaired) electrons. The highest BCUT2D eigenvalue weighted by Crippen LogP contribution is 2.45. The Labute approximate surface area is 186 Å². The van der Waals surface area contributed by atoms with E-state index in [0.717, 1.165) is 42.5 Å². The molecule has 2 aliphatic heterocycles. The van der Waals surface area contributed by atoms with Gasteiger partial charge in [-0.15, -0.1) is 0 Å². The number of nitrogens with zero attached hydrogens (tertiary/aromatic N) is 1. The van der Waals surface area contributed by atoms with Crippen molar-refractivity contribution in [3.63, 3.8) is 0 Å². The van der Waals surface area contributed by atoms with Crippen LogP contribution in [0.2, 0.25) is 0 Å². The molecule has 1 atom stereocenters. The fourth-order valence-electron chi connectivity index (χ4n) is 5.23. The number of halogens is 1. The summed E-state index contributed by atoms with van der Waals surface area (Å²) in [5, 5.41) is 2.65. The summed E-state index contributed by atoms with van der Waals surface area (Å²) < 4.78 is 2.26. The first-order valence-corrected chi connectivity index (χ1v) is 11.5. The first kappa shape index (κ1) is 20.5. The van der Waals surface area contributed by atoms with Crippen molar-refractivity contribution in [2.75, 3.05) is 20.1 Å². The van der Waals surface area contributed by atoms with Crippen LogP contribution in [-0.4, -0.2) is 36.4 Å². The third-order valence-electron chi connectivity index (χ3n) is 6.90. The fourth-order valence-corrected chi connectivity index (χ4v) is 5.59. The molecule has 0 bridgehead atoms. The number of carbonyl (C=O) groups excluding carboxylic acids is 2. The van der Waals surface area contributed by atoms with E-state index >= 15 is 0 Å². The zero-order valence-electron chi connectivity index (χ0n) is 16.9. The molecular formula is C24H28IN2O2+. The number of carbonyl (C=O) groups is 2. The number of piperidine rings is 2. The molecule has 1 N–H and O–H groups in total. The molecule has 0 aromatic heterocycles. The van der Waals surface area contributed by atoms with E-state index in [1.54, 1.807) is 0 Å². The van der Waals surface area contributed by atoms with Crippen molar-refractivity contribution in [2.45, 2.75) is 37.6 Å². The van der Waals surface area contributed by atoms with Gasteiger partial charge in [-0.25, -0.2) is 0 Å². The highest BCUT2D eigenvalue weighted by molar-refractivity contribution is 14.1. The Morgan fingerprint density at radius 1 is 1.03 bits per heavy atom. The molecule has 2 fully saturated rings. The normalized spacial score (nSPS) is 30.1. The molecule has 2 aliphatic rings. The number of hydrogen-bond acceptors (Lipinski definition) is 2. The van der Waals surface area contributed by atoms with Crippen molar-refractivity contribution in [3.05, 3.63) is 69.3 Å². The number of hydrogen-bond donors (Lipinski definition) is 1. The van der Waals surface area contributed by atoms with Crippen LogP contribution in [0.25, 0.3) is 0 Å². The van der Waals surface area contributed by atoms with Crippen LogP contribution in [0, 0.1) is 9.49 Å². The Hall–Kier alpha value is -1.73. The molecule has 2 heterocycles. The zero-order valence-corrected chi connectivity index (χ0v) is 19.0. The summed E-state index contributed by atoms with van der Waals surface area (Å²) >= 11 is 2.34. The van der Waals surface area contributed by atoms with Crippen molar-refractivity contribution in [1.29, 1.82) is 0 Å². The van der Waals surface area contributed by atoms with Gasteiger partial charge in [0.1, 0.15) is 6.54 Å². The van der Waals surface area contributed by atoms with Crippen LogP contribution in [-0.2, 0) is 21.5 Å². The quantitative estimate of drug-likeness (QED) is 0.389. The molecule has 0 unspecified atom stereocenters. The number of amides is 2. The number of quaternary nitrogens is 1. The lowest BCUT2D eigenvalue weighted by Crippen LogP contribution is -2.59. The minimum Gasteiger partial charge on any atom is -0.322 e. The summed E-state index contributed by atoms with van der Waals surface area (Å²) in [5.74, 6) is 0.0244. The predicted octanol–water partition coefficient (Wildman–Crippen LogP) is 4.02. The maximum Gasteiger partial charge on any atom is 0.237 e. The maximum absolute atomic E-state index is 13.2. The molecule has 29 heavy (non-hydrogen) atoms. The van der Waals surface area contributed by atoms with E-state index < -0.39 is 5.41 Å². The average Bonchev–Trinajstić information content (AvgIpc) is 2.72. The van der Waals surface area contributed by atoms with E-state index in [9.17, 15) is 9.59 Å². The summed E-state index contributed by atoms with van der Waals surface area (Å²) in [6.07, 6.45) is 3.04. The molecule has 0 aliphatic carbocycles. The first-order chi connectivity index (χ1) is 13.9. The summed E-state index contributed by atoms with van der Waals surface area (Å²) in [6, 6.07) is 18.9. The third kappa shape index (κ3) is 4.12. The van der Waals surface area contributed by atoms with Gasteiger partial charge in [0.25, 0.3) is 0 Å². The second kappa shape index (κ2) is 8.19. The highest BCUT2D eigenvalue weighted by atomic mass is 127. The SMILES string of the molecule is C[N+]1(Cc2ccc(I)cc2)CCC([C@]2(c3ccccc3)CCC(=O)NC2=O)CC1. The van der Waals surface area contributed by atoms with Gasteiger partial charge in [0.2, 0.25) is 11.8 Å². The molecule has 0 spiro atoms. The second-order valence-electron chi connectivity index (χ2n) is 8.84. The zero-order chi connectivity index (χ0) is 20.5.